The first-order valence-corrected chi connectivity index (χ1v) is 8.57. The average Bonchev–Trinajstić information content (AvgIpc) is 2.57. The number of ether oxygens (including phenoxy) is 1. The molecule has 1 aliphatic carbocycles. The molecular formula is C17H26N4O3. The molecule has 7 nitrogen and oxygen atoms in total. The Bertz CT molecular complexity index is 594. The van der Waals surface area contributed by atoms with Crippen LogP contribution in [0.3, 0.4) is 0 Å². The van der Waals surface area contributed by atoms with Crippen molar-refractivity contribution in [3.05, 3.63) is 23.3 Å². The summed E-state index contributed by atoms with van der Waals surface area (Å²) < 4.78 is 5.79. The second-order valence-corrected chi connectivity index (χ2v) is 6.87. The van der Waals surface area contributed by atoms with Crippen molar-refractivity contribution < 1.29 is 14.6 Å². The smallest absolute Gasteiger partial charge is 0.272 e. The van der Waals surface area contributed by atoms with Crippen molar-refractivity contribution in [1.82, 2.24) is 14.9 Å². The molecule has 1 spiro atoms. The summed E-state index contributed by atoms with van der Waals surface area (Å²) in [6.45, 7) is 5.88. The van der Waals surface area contributed by atoms with E-state index in [0.29, 0.717) is 44.2 Å². The fraction of sp³-hybridized carbons (Fsp3) is 0.706. The number of piperidine rings is 1. The molecule has 24 heavy (non-hydrogen) atoms. The van der Waals surface area contributed by atoms with Crippen LogP contribution in [-0.2, 0) is 4.74 Å². The molecule has 2 heterocycles. The van der Waals surface area contributed by atoms with Crippen molar-refractivity contribution in [2.75, 3.05) is 26.2 Å². The minimum absolute atomic E-state index is 0.0526. The van der Waals surface area contributed by atoms with Gasteiger partial charge >= 0.3 is 0 Å². The first-order valence-electron chi connectivity index (χ1n) is 8.57. The summed E-state index contributed by atoms with van der Waals surface area (Å²) in [6.07, 6.45) is 1.87. The van der Waals surface area contributed by atoms with Crippen LogP contribution in [0.15, 0.2) is 6.07 Å². The van der Waals surface area contributed by atoms with Crippen LogP contribution in [0.5, 0.6) is 0 Å². The fourth-order valence-electron chi connectivity index (χ4n) is 3.94. The third kappa shape index (κ3) is 3.03. The van der Waals surface area contributed by atoms with Crippen LogP contribution in [0.1, 0.15) is 41.3 Å². The van der Waals surface area contributed by atoms with Gasteiger partial charge in [0.2, 0.25) is 0 Å². The first kappa shape index (κ1) is 17.3. The van der Waals surface area contributed by atoms with E-state index in [1.165, 1.54) is 0 Å². The van der Waals surface area contributed by atoms with E-state index in [1.807, 2.05) is 11.8 Å². The van der Waals surface area contributed by atoms with Gasteiger partial charge in [0.05, 0.1) is 18.8 Å². The van der Waals surface area contributed by atoms with Crippen LogP contribution in [-0.4, -0.2) is 64.3 Å². The maximum Gasteiger partial charge on any atom is 0.272 e. The molecule has 1 amide bonds. The Kier molecular flexibility index (Phi) is 4.85. The number of hydrogen-bond donors (Lipinski definition) is 2. The van der Waals surface area contributed by atoms with Crippen molar-refractivity contribution in [3.63, 3.8) is 0 Å². The van der Waals surface area contributed by atoms with E-state index in [2.05, 4.69) is 9.97 Å². The monoisotopic (exact) mass is 334 g/mol. The fourth-order valence-corrected chi connectivity index (χ4v) is 3.94. The molecule has 1 aromatic heterocycles. The molecule has 1 saturated heterocycles. The zero-order valence-electron chi connectivity index (χ0n) is 14.4. The van der Waals surface area contributed by atoms with Crippen molar-refractivity contribution in [2.24, 2.45) is 11.1 Å². The Balaban J connectivity index is 1.65. The highest BCUT2D eigenvalue weighted by Gasteiger charge is 2.56. The predicted molar refractivity (Wildman–Crippen MR) is 88.5 cm³/mol. The molecule has 0 radical (unpaired) electrons. The van der Waals surface area contributed by atoms with Crippen LogP contribution < -0.4 is 5.73 Å². The number of rotatable bonds is 4. The number of likely N-dealkylation sites (tertiary alicyclic amines) is 1. The normalized spacial score (nSPS) is 25.6. The standard InChI is InChI=1S/C17H26N4O3/c1-11-9-13(20-12(2)19-11)16(23)21-6-3-17(4-7-21)14(22)10-15(17)24-8-5-18/h9,14-15,22H,3-8,10,18H2,1-2H3/t14-,15+/m1/s1. The van der Waals surface area contributed by atoms with Gasteiger partial charge in [0.1, 0.15) is 11.5 Å². The number of nitrogens with zero attached hydrogens (tertiary/aromatic N) is 3. The maximum absolute atomic E-state index is 12.7. The minimum Gasteiger partial charge on any atom is -0.392 e. The summed E-state index contributed by atoms with van der Waals surface area (Å²) in [5, 5.41) is 10.3. The number of aromatic nitrogens is 2. The van der Waals surface area contributed by atoms with Crippen LogP contribution in [0.2, 0.25) is 0 Å². The molecule has 1 aromatic rings. The van der Waals surface area contributed by atoms with Gasteiger partial charge in [0.25, 0.3) is 5.91 Å². The summed E-state index contributed by atoms with van der Waals surface area (Å²) in [6, 6.07) is 1.73. The van der Waals surface area contributed by atoms with E-state index < -0.39 is 0 Å². The Morgan fingerprint density at radius 3 is 2.71 bits per heavy atom. The lowest BCUT2D eigenvalue weighted by molar-refractivity contribution is -0.208. The van der Waals surface area contributed by atoms with Crippen LogP contribution in [0.25, 0.3) is 0 Å². The number of hydrogen-bond acceptors (Lipinski definition) is 6. The molecule has 1 saturated carbocycles. The third-order valence-electron chi connectivity index (χ3n) is 5.35. The summed E-state index contributed by atoms with van der Waals surface area (Å²) in [5.41, 5.74) is 6.53. The van der Waals surface area contributed by atoms with E-state index in [-0.39, 0.29) is 23.5 Å². The SMILES string of the molecule is Cc1cc(C(=O)N2CCC3(CC2)[C@H](O)C[C@@H]3OCCN)nc(C)n1. The predicted octanol–water partition coefficient (Wildman–Crippen LogP) is 0.424. The van der Waals surface area contributed by atoms with Crippen LogP contribution in [0.4, 0.5) is 0 Å². The quantitative estimate of drug-likeness (QED) is 0.828. The van der Waals surface area contributed by atoms with Gasteiger partial charge in [-0.2, -0.15) is 0 Å². The Morgan fingerprint density at radius 2 is 2.12 bits per heavy atom. The topological polar surface area (TPSA) is 102 Å². The van der Waals surface area contributed by atoms with Gasteiger partial charge in [-0.05, 0) is 32.8 Å². The van der Waals surface area contributed by atoms with Crippen molar-refractivity contribution in [1.29, 1.82) is 0 Å². The summed E-state index contributed by atoms with van der Waals surface area (Å²) >= 11 is 0. The van der Waals surface area contributed by atoms with Gasteiger partial charge in [-0.3, -0.25) is 4.79 Å². The number of aliphatic hydroxyl groups is 1. The molecule has 7 heteroatoms. The molecule has 2 aliphatic rings. The van der Waals surface area contributed by atoms with E-state index in [9.17, 15) is 9.90 Å². The largest absolute Gasteiger partial charge is 0.392 e. The number of amides is 1. The number of aliphatic hydroxyl groups excluding tert-OH is 1. The van der Waals surface area contributed by atoms with Crippen molar-refractivity contribution in [2.45, 2.75) is 45.3 Å². The maximum atomic E-state index is 12.7. The number of nitrogens with two attached hydrogens (primary N) is 1. The van der Waals surface area contributed by atoms with Crippen molar-refractivity contribution >= 4 is 5.91 Å². The Hall–Kier alpha value is -1.57. The average molecular weight is 334 g/mol. The molecule has 132 valence electrons. The van der Waals surface area contributed by atoms with Gasteiger partial charge in [-0.1, -0.05) is 0 Å². The summed E-state index contributed by atoms with van der Waals surface area (Å²) in [5.74, 6) is 0.545. The first-order chi connectivity index (χ1) is 11.5. The highest BCUT2D eigenvalue weighted by Crippen LogP contribution is 2.51. The molecule has 2 fully saturated rings. The molecule has 1 aliphatic heterocycles. The lowest BCUT2D eigenvalue weighted by Gasteiger charge is -2.56. The minimum atomic E-state index is -0.346. The van der Waals surface area contributed by atoms with E-state index >= 15 is 0 Å². The summed E-state index contributed by atoms with van der Waals surface area (Å²) in [4.78, 5) is 23.0. The second kappa shape index (κ2) is 6.74. The van der Waals surface area contributed by atoms with E-state index in [4.69, 9.17) is 10.5 Å². The molecule has 2 atom stereocenters. The second-order valence-electron chi connectivity index (χ2n) is 6.87. The van der Waals surface area contributed by atoms with E-state index in [1.54, 1.807) is 13.0 Å². The zero-order chi connectivity index (χ0) is 17.3. The molecule has 3 rings (SSSR count). The van der Waals surface area contributed by atoms with Gasteiger partial charge in [-0.25, -0.2) is 9.97 Å². The van der Waals surface area contributed by atoms with Crippen molar-refractivity contribution in [3.8, 4) is 0 Å². The van der Waals surface area contributed by atoms with Crippen LogP contribution in [0, 0.1) is 19.3 Å². The van der Waals surface area contributed by atoms with E-state index in [0.717, 1.165) is 18.5 Å². The molecule has 3 N–H and O–H groups in total. The Labute approximate surface area is 142 Å². The van der Waals surface area contributed by atoms with Gasteiger partial charge in [0.15, 0.2) is 0 Å². The molecule has 0 bridgehead atoms. The highest BCUT2D eigenvalue weighted by molar-refractivity contribution is 5.92. The molecular weight excluding hydrogens is 308 g/mol. The molecule has 0 aromatic carbocycles. The number of aryl methyl sites for hydroxylation is 2. The lowest BCUT2D eigenvalue weighted by Crippen LogP contribution is -2.63. The number of carbonyl (C=O) groups is 1. The Morgan fingerprint density at radius 1 is 1.42 bits per heavy atom. The third-order valence-corrected chi connectivity index (χ3v) is 5.35. The van der Waals surface area contributed by atoms with Gasteiger partial charge < -0.3 is 20.5 Å². The highest BCUT2D eigenvalue weighted by atomic mass is 16.5. The lowest BCUT2D eigenvalue weighted by atomic mass is 9.58. The molecule has 0 unspecified atom stereocenters. The van der Waals surface area contributed by atoms with Gasteiger partial charge in [-0.15, -0.1) is 0 Å². The number of carbonyl (C=O) groups excluding carboxylic acids is 1. The van der Waals surface area contributed by atoms with Gasteiger partial charge in [0, 0.05) is 37.2 Å². The van der Waals surface area contributed by atoms with Crippen LogP contribution >= 0.6 is 0 Å². The summed E-state index contributed by atoms with van der Waals surface area (Å²) in [7, 11) is 0. The zero-order valence-corrected chi connectivity index (χ0v) is 14.4.